The lowest BCUT2D eigenvalue weighted by molar-refractivity contribution is 0.102. The number of carbonyl (C=O) groups is 1. The number of amides is 1. The third-order valence-corrected chi connectivity index (χ3v) is 4.53. The van der Waals surface area contributed by atoms with Gasteiger partial charge in [-0.05, 0) is 24.1 Å². The van der Waals surface area contributed by atoms with Gasteiger partial charge in [-0.1, -0.05) is 48.5 Å². The molecule has 0 radical (unpaired) electrons. The SMILES string of the molecule is O=C(Nc1n[nH]c2c1CCN(Cc1ccccc1)C2)c1ccccc1. The van der Waals surface area contributed by atoms with Gasteiger partial charge in [0.05, 0.1) is 5.69 Å². The van der Waals surface area contributed by atoms with E-state index in [1.807, 2.05) is 24.3 Å². The van der Waals surface area contributed by atoms with E-state index in [0.717, 1.165) is 37.3 Å². The molecule has 1 amide bonds. The smallest absolute Gasteiger partial charge is 0.256 e. The molecule has 1 aliphatic rings. The van der Waals surface area contributed by atoms with Crippen molar-refractivity contribution in [3.05, 3.63) is 83.0 Å². The normalized spacial score (nSPS) is 14.1. The molecule has 25 heavy (non-hydrogen) atoms. The van der Waals surface area contributed by atoms with Crippen molar-refractivity contribution >= 4 is 11.7 Å². The topological polar surface area (TPSA) is 61.0 Å². The molecular formula is C20H20N4O. The lowest BCUT2D eigenvalue weighted by atomic mass is 10.1. The zero-order valence-corrected chi connectivity index (χ0v) is 13.9. The lowest BCUT2D eigenvalue weighted by Crippen LogP contribution is -2.30. The molecule has 5 heteroatoms. The Morgan fingerprint density at radius 1 is 1.08 bits per heavy atom. The predicted octanol–water partition coefficient (Wildman–Crippen LogP) is 3.22. The van der Waals surface area contributed by atoms with Crippen LogP contribution < -0.4 is 5.32 Å². The van der Waals surface area contributed by atoms with Gasteiger partial charge in [0, 0.05) is 30.8 Å². The zero-order valence-electron chi connectivity index (χ0n) is 13.9. The number of carbonyl (C=O) groups excluding carboxylic acids is 1. The Kier molecular flexibility index (Phi) is 4.31. The van der Waals surface area contributed by atoms with Crippen molar-refractivity contribution in [2.75, 3.05) is 11.9 Å². The van der Waals surface area contributed by atoms with E-state index >= 15 is 0 Å². The summed E-state index contributed by atoms with van der Waals surface area (Å²) in [7, 11) is 0. The second-order valence-corrected chi connectivity index (χ2v) is 6.30. The maximum Gasteiger partial charge on any atom is 0.256 e. The van der Waals surface area contributed by atoms with Gasteiger partial charge in [-0.3, -0.25) is 14.8 Å². The molecule has 1 aromatic heterocycles. The van der Waals surface area contributed by atoms with Crippen LogP contribution in [0.15, 0.2) is 60.7 Å². The quantitative estimate of drug-likeness (QED) is 0.771. The highest BCUT2D eigenvalue weighted by molar-refractivity contribution is 6.04. The number of hydrogen-bond acceptors (Lipinski definition) is 3. The van der Waals surface area contributed by atoms with Crippen LogP contribution >= 0.6 is 0 Å². The highest BCUT2D eigenvalue weighted by Gasteiger charge is 2.23. The molecule has 5 nitrogen and oxygen atoms in total. The molecule has 0 saturated heterocycles. The van der Waals surface area contributed by atoms with Gasteiger partial charge in [-0.15, -0.1) is 0 Å². The number of hydrogen-bond donors (Lipinski definition) is 2. The fourth-order valence-corrected chi connectivity index (χ4v) is 3.22. The minimum atomic E-state index is -0.124. The average Bonchev–Trinajstić information content (AvgIpc) is 3.05. The molecule has 0 aliphatic carbocycles. The first-order valence-corrected chi connectivity index (χ1v) is 8.48. The summed E-state index contributed by atoms with van der Waals surface area (Å²) in [5.74, 6) is 0.532. The van der Waals surface area contributed by atoms with Crippen molar-refractivity contribution in [3.8, 4) is 0 Å². The molecular weight excluding hydrogens is 312 g/mol. The van der Waals surface area contributed by atoms with Crippen LogP contribution in [0.4, 0.5) is 5.82 Å². The van der Waals surface area contributed by atoms with E-state index in [4.69, 9.17) is 0 Å². The van der Waals surface area contributed by atoms with Crippen molar-refractivity contribution in [2.24, 2.45) is 0 Å². The van der Waals surface area contributed by atoms with Crippen molar-refractivity contribution in [2.45, 2.75) is 19.5 Å². The van der Waals surface area contributed by atoms with E-state index in [9.17, 15) is 4.79 Å². The summed E-state index contributed by atoms with van der Waals surface area (Å²) in [5, 5.41) is 10.3. The van der Waals surface area contributed by atoms with Crippen LogP contribution in [0.25, 0.3) is 0 Å². The molecule has 1 aliphatic heterocycles. The molecule has 0 spiro atoms. The minimum absolute atomic E-state index is 0.124. The van der Waals surface area contributed by atoms with Crippen molar-refractivity contribution < 1.29 is 4.79 Å². The number of aromatic nitrogens is 2. The van der Waals surface area contributed by atoms with Crippen LogP contribution in [0.1, 0.15) is 27.2 Å². The maximum absolute atomic E-state index is 12.3. The summed E-state index contributed by atoms with van der Waals surface area (Å²) in [6.07, 6.45) is 0.878. The standard InChI is InChI=1S/C20H20N4O/c25-20(16-9-5-2-6-10-16)21-19-17-11-12-24(14-18(17)22-23-19)13-15-7-3-1-4-8-15/h1-10H,11-14H2,(H2,21,22,23,25). The number of nitrogens with zero attached hydrogens (tertiary/aromatic N) is 2. The summed E-state index contributed by atoms with van der Waals surface area (Å²) in [6, 6.07) is 19.7. The number of aromatic amines is 1. The van der Waals surface area contributed by atoms with Gasteiger partial charge >= 0.3 is 0 Å². The molecule has 0 bridgehead atoms. The highest BCUT2D eigenvalue weighted by atomic mass is 16.1. The Balaban J connectivity index is 1.44. The first-order valence-electron chi connectivity index (χ1n) is 8.48. The van der Waals surface area contributed by atoms with E-state index in [0.29, 0.717) is 11.4 Å². The Labute approximate surface area is 146 Å². The fraction of sp³-hybridized carbons (Fsp3) is 0.200. The molecule has 2 aromatic carbocycles. The minimum Gasteiger partial charge on any atom is -0.305 e. The number of anilines is 1. The molecule has 3 aromatic rings. The Morgan fingerprint density at radius 3 is 2.56 bits per heavy atom. The first-order chi connectivity index (χ1) is 12.3. The lowest BCUT2D eigenvalue weighted by Gasteiger charge is -2.26. The number of H-pyrrole nitrogens is 1. The highest BCUT2D eigenvalue weighted by Crippen LogP contribution is 2.25. The van der Waals surface area contributed by atoms with Gasteiger partial charge in [0.15, 0.2) is 5.82 Å². The number of benzene rings is 2. The third kappa shape index (κ3) is 3.46. The van der Waals surface area contributed by atoms with Gasteiger partial charge in [0.25, 0.3) is 5.91 Å². The number of nitrogens with one attached hydrogen (secondary N) is 2. The molecule has 2 heterocycles. The van der Waals surface area contributed by atoms with Crippen LogP contribution in [0, 0.1) is 0 Å². The average molecular weight is 332 g/mol. The van der Waals surface area contributed by atoms with Crippen LogP contribution in [-0.2, 0) is 19.5 Å². The van der Waals surface area contributed by atoms with Crippen LogP contribution in [0.5, 0.6) is 0 Å². The van der Waals surface area contributed by atoms with E-state index < -0.39 is 0 Å². The van der Waals surface area contributed by atoms with Crippen molar-refractivity contribution in [1.29, 1.82) is 0 Å². The summed E-state index contributed by atoms with van der Waals surface area (Å²) >= 11 is 0. The summed E-state index contributed by atoms with van der Waals surface area (Å²) in [6.45, 7) is 2.69. The molecule has 0 fully saturated rings. The Bertz CT molecular complexity index is 858. The van der Waals surface area contributed by atoms with E-state index in [1.54, 1.807) is 12.1 Å². The van der Waals surface area contributed by atoms with Crippen LogP contribution in [0.2, 0.25) is 0 Å². The van der Waals surface area contributed by atoms with E-state index in [2.05, 4.69) is 44.7 Å². The van der Waals surface area contributed by atoms with Gasteiger partial charge < -0.3 is 5.32 Å². The van der Waals surface area contributed by atoms with Crippen molar-refractivity contribution in [3.63, 3.8) is 0 Å². The third-order valence-electron chi connectivity index (χ3n) is 4.53. The molecule has 2 N–H and O–H groups in total. The van der Waals surface area contributed by atoms with Crippen LogP contribution in [0.3, 0.4) is 0 Å². The number of fused-ring (bicyclic) bond motifs is 1. The maximum atomic E-state index is 12.3. The second-order valence-electron chi connectivity index (χ2n) is 6.30. The second kappa shape index (κ2) is 6.91. The predicted molar refractivity (Wildman–Crippen MR) is 97.2 cm³/mol. The number of rotatable bonds is 4. The monoisotopic (exact) mass is 332 g/mol. The first kappa shape index (κ1) is 15.6. The van der Waals surface area contributed by atoms with Gasteiger partial charge in [0.2, 0.25) is 0 Å². The largest absolute Gasteiger partial charge is 0.305 e. The van der Waals surface area contributed by atoms with Gasteiger partial charge in [-0.25, -0.2) is 0 Å². The molecule has 0 atom stereocenters. The van der Waals surface area contributed by atoms with E-state index in [1.165, 1.54) is 5.56 Å². The molecule has 0 saturated carbocycles. The molecule has 126 valence electrons. The van der Waals surface area contributed by atoms with Gasteiger partial charge in [0.1, 0.15) is 0 Å². The fourth-order valence-electron chi connectivity index (χ4n) is 3.22. The van der Waals surface area contributed by atoms with Crippen LogP contribution in [-0.4, -0.2) is 27.5 Å². The molecule has 0 unspecified atom stereocenters. The summed E-state index contributed by atoms with van der Waals surface area (Å²) in [4.78, 5) is 14.7. The summed E-state index contributed by atoms with van der Waals surface area (Å²) in [5.41, 5.74) is 4.16. The zero-order chi connectivity index (χ0) is 17.1. The summed E-state index contributed by atoms with van der Waals surface area (Å²) < 4.78 is 0. The Hall–Kier alpha value is -2.92. The Morgan fingerprint density at radius 2 is 1.80 bits per heavy atom. The van der Waals surface area contributed by atoms with Crippen molar-refractivity contribution in [1.82, 2.24) is 15.1 Å². The molecule has 4 rings (SSSR count). The van der Waals surface area contributed by atoms with Gasteiger partial charge in [-0.2, -0.15) is 5.10 Å². The van der Waals surface area contributed by atoms with E-state index in [-0.39, 0.29) is 5.91 Å².